The summed E-state index contributed by atoms with van der Waals surface area (Å²) in [6, 6.07) is 9.57. The average molecular weight is 311 g/mol. The summed E-state index contributed by atoms with van der Waals surface area (Å²) in [7, 11) is 0. The topological polar surface area (TPSA) is 77.1 Å². The highest BCUT2D eigenvalue weighted by Gasteiger charge is 2.22. The van der Waals surface area contributed by atoms with E-state index in [9.17, 15) is 9.59 Å². The molecular formula is C17H17N3O3. The molecule has 0 fully saturated rings. The van der Waals surface area contributed by atoms with Gasteiger partial charge in [0.15, 0.2) is 0 Å². The fraction of sp³-hybridized carbons (Fsp3) is 0.235. The van der Waals surface area contributed by atoms with Crippen molar-refractivity contribution in [3.05, 3.63) is 63.9 Å². The molecule has 0 aliphatic carbocycles. The van der Waals surface area contributed by atoms with Crippen LogP contribution in [0.3, 0.4) is 0 Å². The van der Waals surface area contributed by atoms with E-state index < -0.39 is 0 Å². The fourth-order valence-corrected chi connectivity index (χ4v) is 2.50. The van der Waals surface area contributed by atoms with Crippen molar-refractivity contribution < 1.29 is 9.21 Å². The lowest BCUT2D eigenvalue weighted by Crippen LogP contribution is -2.26. The second kappa shape index (κ2) is 6.08. The smallest absolute Gasteiger partial charge is 0.265 e. The summed E-state index contributed by atoms with van der Waals surface area (Å²) in [5, 5.41) is 3.06. The van der Waals surface area contributed by atoms with Gasteiger partial charge in [0.1, 0.15) is 17.5 Å². The van der Waals surface area contributed by atoms with Crippen molar-refractivity contribution in [3.63, 3.8) is 0 Å². The van der Waals surface area contributed by atoms with Gasteiger partial charge in [-0.1, -0.05) is 30.3 Å². The normalized spacial score (nSPS) is 10.9. The molecule has 23 heavy (non-hydrogen) atoms. The lowest BCUT2D eigenvalue weighted by atomic mass is 10.1. The van der Waals surface area contributed by atoms with E-state index in [1.54, 1.807) is 6.92 Å². The summed E-state index contributed by atoms with van der Waals surface area (Å²) in [6.07, 6.45) is 1.43. The summed E-state index contributed by atoms with van der Waals surface area (Å²) in [5.74, 6) is 0.0573. The highest BCUT2D eigenvalue weighted by molar-refractivity contribution is 6.06. The average Bonchev–Trinajstić information content (AvgIpc) is 2.91. The Balaban J connectivity index is 1.97. The van der Waals surface area contributed by atoms with Gasteiger partial charge in [0.05, 0.1) is 5.56 Å². The van der Waals surface area contributed by atoms with Crippen molar-refractivity contribution in [2.45, 2.75) is 26.9 Å². The Labute approximate surface area is 132 Å². The SMILES string of the molecule is CCn1cnc2oc(C)c(C(=O)NCc3ccccc3)c2c1=O. The first-order valence-corrected chi connectivity index (χ1v) is 7.42. The maximum Gasteiger partial charge on any atom is 0.265 e. The highest BCUT2D eigenvalue weighted by Crippen LogP contribution is 2.20. The zero-order valence-electron chi connectivity index (χ0n) is 13.0. The van der Waals surface area contributed by atoms with Crippen molar-refractivity contribution in [2.24, 2.45) is 0 Å². The monoisotopic (exact) mass is 311 g/mol. The van der Waals surface area contributed by atoms with Crippen LogP contribution in [-0.2, 0) is 13.1 Å². The Morgan fingerprint density at radius 2 is 2.04 bits per heavy atom. The van der Waals surface area contributed by atoms with Crippen LogP contribution in [0.15, 0.2) is 45.9 Å². The molecule has 6 heteroatoms. The van der Waals surface area contributed by atoms with E-state index in [1.165, 1.54) is 10.9 Å². The van der Waals surface area contributed by atoms with E-state index in [-0.39, 0.29) is 28.1 Å². The van der Waals surface area contributed by atoms with Gasteiger partial charge in [-0.2, -0.15) is 0 Å². The number of carbonyl (C=O) groups excluding carboxylic acids is 1. The lowest BCUT2D eigenvalue weighted by molar-refractivity contribution is 0.0950. The van der Waals surface area contributed by atoms with Crippen LogP contribution in [0.5, 0.6) is 0 Å². The molecule has 0 atom stereocenters. The summed E-state index contributed by atoms with van der Waals surface area (Å²) >= 11 is 0. The van der Waals surface area contributed by atoms with E-state index in [2.05, 4.69) is 10.3 Å². The molecule has 2 heterocycles. The zero-order valence-corrected chi connectivity index (χ0v) is 13.0. The Morgan fingerprint density at radius 3 is 2.74 bits per heavy atom. The third-order valence-corrected chi connectivity index (χ3v) is 3.72. The molecule has 1 N–H and O–H groups in total. The molecule has 0 saturated heterocycles. The summed E-state index contributed by atoms with van der Waals surface area (Å²) < 4.78 is 6.92. The minimum Gasteiger partial charge on any atom is -0.442 e. The summed E-state index contributed by atoms with van der Waals surface area (Å²) in [5.41, 5.74) is 1.17. The number of nitrogens with one attached hydrogen (secondary N) is 1. The minimum absolute atomic E-state index is 0.196. The van der Waals surface area contributed by atoms with E-state index in [4.69, 9.17) is 4.42 Å². The van der Waals surface area contributed by atoms with Gasteiger partial charge in [0.2, 0.25) is 5.71 Å². The van der Waals surface area contributed by atoms with Gasteiger partial charge in [-0.3, -0.25) is 14.2 Å². The van der Waals surface area contributed by atoms with Crippen molar-refractivity contribution in [1.82, 2.24) is 14.9 Å². The molecule has 1 aromatic carbocycles. The number of aryl methyl sites for hydroxylation is 2. The predicted molar refractivity (Wildman–Crippen MR) is 86.3 cm³/mol. The van der Waals surface area contributed by atoms with Gasteiger partial charge in [0, 0.05) is 13.1 Å². The second-order valence-electron chi connectivity index (χ2n) is 5.22. The quantitative estimate of drug-likeness (QED) is 0.801. The van der Waals surface area contributed by atoms with Gasteiger partial charge < -0.3 is 9.73 Å². The Kier molecular flexibility index (Phi) is 3.97. The number of rotatable bonds is 4. The molecule has 118 valence electrons. The maximum atomic E-state index is 12.5. The third kappa shape index (κ3) is 2.75. The van der Waals surface area contributed by atoms with Crippen molar-refractivity contribution in [2.75, 3.05) is 0 Å². The van der Waals surface area contributed by atoms with Crippen LogP contribution in [0.25, 0.3) is 11.1 Å². The molecule has 6 nitrogen and oxygen atoms in total. The maximum absolute atomic E-state index is 12.5. The molecule has 0 spiro atoms. The van der Waals surface area contributed by atoms with Crippen LogP contribution in [0.1, 0.15) is 28.6 Å². The van der Waals surface area contributed by atoms with Gasteiger partial charge in [0.25, 0.3) is 11.5 Å². The fourth-order valence-electron chi connectivity index (χ4n) is 2.50. The van der Waals surface area contributed by atoms with E-state index >= 15 is 0 Å². The number of amides is 1. The number of fused-ring (bicyclic) bond motifs is 1. The Morgan fingerprint density at radius 1 is 1.30 bits per heavy atom. The number of aromatic nitrogens is 2. The largest absolute Gasteiger partial charge is 0.442 e. The number of hydrogen-bond acceptors (Lipinski definition) is 4. The molecule has 3 aromatic rings. The molecule has 1 amide bonds. The second-order valence-corrected chi connectivity index (χ2v) is 5.22. The van der Waals surface area contributed by atoms with E-state index in [0.29, 0.717) is 18.8 Å². The molecule has 2 aromatic heterocycles. The number of nitrogens with zero attached hydrogens (tertiary/aromatic N) is 2. The van der Waals surface area contributed by atoms with Crippen LogP contribution in [0.4, 0.5) is 0 Å². The zero-order chi connectivity index (χ0) is 16.4. The number of benzene rings is 1. The molecule has 0 unspecified atom stereocenters. The standard InChI is InChI=1S/C17H17N3O3/c1-3-20-10-19-16-14(17(20)22)13(11(2)23-16)15(21)18-9-12-7-5-4-6-8-12/h4-8,10H,3,9H2,1-2H3,(H,18,21). The van der Waals surface area contributed by atoms with Crippen molar-refractivity contribution in [3.8, 4) is 0 Å². The van der Waals surface area contributed by atoms with Gasteiger partial charge in [-0.15, -0.1) is 0 Å². The molecule has 3 rings (SSSR count). The van der Waals surface area contributed by atoms with Crippen LogP contribution in [0.2, 0.25) is 0 Å². The molecule has 0 aliphatic rings. The molecular weight excluding hydrogens is 294 g/mol. The van der Waals surface area contributed by atoms with Crippen molar-refractivity contribution >= 4 is 17.0 Å². The van der Waals surface area contributed by atoms with Crippen LogP contribution < -0.4 is 10.9 Å². The third-order valence-electron chi connectivity index (χ3n) is 3.72. The first-order valence-electron chi connectivity index (χ1n) is 7.42. The summed E-state index contributed by atoms with van der Waals surface area (Å²) in [6.45, 7) is 4.37. The Hall–Kier alpha value is -2.89. The van der Waals surface area contributed by atoms with Crippen LogP contribution in [0, 0.1) is 6.92 Å². The lowest BCUT2D eigenvalue weighted by Gasteiger charge is -2.05. The van der Waals surface area contributed by atoms with Crippen LogP contribution >= 0.6 is 0 Å². The molecule has 0 aliphatic heterocycles. The van der Waals surface area contributed by atoms with Crippen molar-refractivity contribution in [1.29, 1.82) is 0 Å². The van der Waals surface area contributed by atoms with Gasteiger partial charge in [-0.25, -0.2) is 4.98 Å². The van der Waals surface area contributed by atoms with Gasteiger partial charge in [-0.05, 0) is 19.4 Å². The predicted octanol–water partition coefficient (Wildman–Crippen LogP) is 2.25. The number of carbonyl (C=O) groups is 1. The van der Waals surface area contributed by atoms with E-state index in [1.807, 2.05) is 37.3 Å². The van der Waals surface area contributed by atoms with Crippen LogP contribution in [-0.4, -0.2) is 15.5 Å². The first-order chi connectivity index (χ1) is 11.1. The number of hydrogen-bond donors (Lipinski definition) is 1. The Bertz CT molecular complexity index is 910. The number of furan rings is 1. The molecule has 0 bridgehead atoms. The van der Waals surface area contributed by atoms with E-state index in [0.717, 1.165) is 5.56 Å². The molecule has 0 radical (unpaired) electrons. The highest BCUT2D eigenvalue weighted by atomic mass is 16.3. The minimum atomic E-state index is -0.335. The summed E-state index contributed by atoms with van der Waals surface area (Å²) in [4.78, 5) is 29.1. The van der Waals surface area contributed by atoms with Gasteiger partial charge >= 0.3 is 0 Å². The first kappa shape index (κ1) is 15.0. The molecule has 0 saturated carbocycles.